The van der Waals surface area contributed by atoms with E-state index in [4.69, 9.17) is 4.74 Å². The Balaban J connectivity index is 1.70. The molecule has 3 unspecified atom stereocenters. The van der Waals surface area contributed by atoms with E-state index in [1.165, 1.54) is 6.07 Å². The van der Waals surface area contributed by atoms with Gasteiger partial charge in [0.05, 0.1) is 5.69 Å². The molecule has 8 heteroatoms. The summed E-state index contributed by atoms with van der Waals surface area (Å²) in [5.41, 5.74) is 5.61. The van der Waals surface area contributed by atoms with Gasteiger partial charge in [-0.25, -0.2) is 9.82 Å². The Morgan fingerprint density at radius 3 is 2.62 bits per heavy atom. The molecule has 5 rings (SSSR count). The van der Waals surface area contributed by atoms with Crippen LogP contribution in [0.15, 0.2) is 41.5 Å². The highest BCUT2D eigenvalue weighted by molar-refractivity contribution is 6.10. The monoisotopic (exact) mass is 437 g/mol. The van der Waals surface area contributed by atoms with Crippen LogP contribution in [-0.2, 0) is 4.79 Å². The predicted molar refractivity (Wildman–Crippen MR) is 124 cm³/mol. The normalized spacial score (nSPS) is 25.5. The minimum atomic E-state index is -0.416. The fourth-order valence-corrected chi connectivity index (χ4v) is 4.83. The third kappa shape index (κ3) is 3.30. The molecule has 0 radical (unpaired) electrons. The fourth-order valence-electron chi connectivity index (χ4n) is 4.83. The van der Waals surface area contributed by atoms with E-state index in [0.29, 0.717) is 23.2 Å². The first-order valence-electron chi connectivity index (χ1n) is 11.0. The number of hydrogen-bond acceptors (Lipinski definition) is 6. The van der Waals surface area contributed by atoms with Crippen molar-refractivity contribution in [2.75, 3.05) is 36.5 Å². The van der Waals surface area contributed by atoms with E-state index >= 15 is 0 Å². The first-order valence-corrected chi connectivity index (χ1v) is 11.0. The van der Waals surface area contributed by atoms with Crippen LogP contribution in [0.25, 0.3) is 11.1 Å². The summed E-state index contributed by atoms with van der Waals surface area (Å²) in [6.07, 6.45) is 0. The number of amidine groups is 1. The first-order chi connectivity index (χ1) is 15.3. The molecule has 1 amide bonds. The van der Waals surface area contributed by atoms with E-state index < -0.39 is 6.04 Å². The molecule has 0 bridgehead atoms. The average Bonchev–Trinajstić information content (AvgIpc) is 2.78. The standard InChI is InChI=1S/C24H28FN5O2/c1-14-12-29(15(2)11-28(14)4)20-10-21-22(9-18(20)17-7-5-6-8-19(17)25)32-13-23-26-27-24(31)16(3)30(21)23/h5-10,14-16H,11-13H2,1-4H3,(H,27,31). The number of ether oxygens (including phenoxy) is 1. The van der Waals surface area contributed by atoms with Crippen molar-refractivity contribution in [2.24, 2.45) is 5.10 Å². The number of hydrogen-bond donors (Lipinski definition) is 1. The van der Waals surface area contributed by atoms with E-state index in [1.54, 1.807) is 12.1 Å². The van der Waals surface area contributed by atoms with Gasteiger partial charge in [-0.2, -0.15) is 5.10 Å². The molecule has 3 atom stereocenters. The molecule has 32 heavy (non-hydrogen) atoms. The number of likely N-dealkylation sites (N-methyl/N-ethyl adjacent to an activating group) is 1. The minimum Gasteiger partial charge on any atom is -0.483 e. The molecule has 2 aromatic rings. The number of carbonyl (C=O) groups excluding carboxylic acids is 1. The van der Waals surface area contributed by atoms with Gasteiger partial charge in [-0.15, -0.1) is 0 Å². The summed E-state index contributed by atoms with van der Waals surface area (Å²) in [6, 6.07) is 11.0. The van der Waals surface area contributed by atoms with Crippen LogP contribution >= 0.6 is 0 Å². The Hall–Kier alpha value is -3.13. The number of rotatable bonds is 2. The van der Waals surface area contributed by atoms with Gasteiger partial charge in [0.25, 0.3) is 5.91 Å². The molecule has 1 fully saturated rings. The van der Waals surface area contributed by atoms with Crippen molar-refractivity contribution in [1.29, 1.82) is 0 Å². The smallest absolute Gasteiger partial charge is 0.262 e. The maximum atomic E-state index is 14.9. The summed E-state index contributed by atoms with van der Waals surface area (Å²) in [4.78, 5) is 19.0. The zero-order chi connectivity index (χ0) is 22.6. The van der Waals surface area contributed by atoms with Gasteiger partial charge >= 0.3 is 0 Å². The summed E-state index contributed by atoms with van der Waals surface area (Å²) in [5.74, 6) is 0.853. The Morgan fingerprint density at radius 1 is 1.06 bits per heavy atom. The second-order valence-corrected chi connectivity index (χ2v) is 8.95. The molecule has 3 aliphatic rings. The minimum absolute atomic E-state index is 0.164. The van der Waals surface area contributed by atoms with Crippen LogP contribution in [0.5, 0.6) is 5.75 Å². The molecule has 0 spiro atoms. The SMILES string of the molecule is CC1CN(c2cc3c(cc2-c2ccccc2F)OCC2=NNC(=O)C(C)N23)C(C)CN1C. The Morgan fingerprint density at radius 2 is 1.84 bits per heavy atom. The van der Waals surface area contributed by atoms with E-state index in [-0.39, 0.29) is 24.4 Å². The molecule has 2 aromatic carbocycles. The van der Waals surface area contributed by atoms with E-state index in [2.05, 4.69) is 41.2 Å². The van der Waals surface area contributed by atoms with Crippen molar-refractivity contribution < 1.29 is 13.9 Å². The van der Waals surface area contributed by atoms with Gasteiger partial charge < -0.3 is 14.5 Å². The van der Waals surface area contributed by atoms with Gasteiger partial charge in [0.1, 0.15) is 24.2 Å². The van der Waals surface area contributed by atoms with Crippen LogP contribution in [0, 0.1) is 5.82 Å². The number of nitrogens with zero attached hydrogens (tertiary/aromatic N) is 4. The third-order valence-electron chi connectivity index (χ3n) is 6.80. The molecule has 1 saturated heterocycles. The van der Waals surface area contributed by atoms with Gasteiger partial charge in [-0.05, 0) is 46.0 Å². The number of hydrazone groups is 1. The molecule has 0 aromatic heterocycles. The highest BCUT2D eigenvalue weighted by Crippen LogP contribution is 2.45. The lowest BCUT2D eigenvalue weighted by Gasteiger charge is -2.45. The largest absolute Gasteiger partial charge is 0.483 e. The number of amides is 1. The molecule has 0 aliphatic carbocycles. The van der Waals surface area contributed by atoms with Gasteiger partial charge in [0.15, 0.2) is 5.84 Å². The highest BCUT2D eigenvalue weighted by Gasteiger charge is 2.37. The summed E-state index contributed by atoms with van der Waals surface area (Å²) in [7, 11) is 2.13. The number of anilines is 2. The molecular formula is C24H28FN5O2. The number of carbonyl (C=O) groups is 1. The Bertz CT molecular complexity index is 1100. The third-order valence-corrected chi connectivity index (χ3v) is 6.80. The lowest BCUT2D eigenvalue weighted by molar-refractivity contribution is -0.122. The van der Waals surface area contributed by atoms with Gasteiger partial charge in [0, 0.05) is 42.0 Å². The first kappa shape index (κ1) is 20.8. The van der Waals surface area contributed by atoms with Crippen molar-refractivity contribution in [1.82, 2.24) is 10.3 Å². The van der Waals surface area contributed by atoms with Crippen LogP contribution in [0.3, 0.4) is 0 Å². The number of nitrogens with one attached hydrogen (secondary N) is 1. The van der Waals surface area contributed by atoms with Gasteiger partial charge in [-0.3, -0.25) is 9.69 Å². The maximum Gasteiger partial charge on any atom is 0.262 e. The summed E-state index contributed by atoms with van der Waals surface area (Å²) < 4.78 is 20.9. The molecule has 0 saturated carbocycles. The van der Waals surface area contributed by atoms with Crippen LogP contribution in [0.1, 0.15) is 20.8 Å². The van der Waals surface area contributed by atoms with Crippen molar-refractivity contribution >= 4 is 23.1 Å². The highest BCUT2D eigenvalue weighted by atomic mass is 19.1. The van der Waals surface area contributed by atoms with Crippen LogP contribution in [-0.4, -0.2) is 61.5 Å². The summed E-state index contributed by atoms with van der Waals surface area (Å²) in [5, 5.41) is 4.19. The fraction of sp³-hybridized carbons (Fsp3) is 0.417. The van der Waals surface area contributed by atoms with E-state index in [9.17, 15) is 9.18 Å². The average molecular weight is 438 g/mol. The number of piperazine rings is 1. The Labute approximate surface area is 187 Å². The molecular weight excluding hydrogens is 409 g/mol. The zero-order valence-electron chi connectivity index (χ0n) is 18.8. The van der Waals surface area contributed by atoms with E-state index in [1.807, 2.05) is 30.0 Å². The number of halogens is 1. The van der Waals surface area contributed by atoms with Crippen molar-refractivity contribution in [3.05, 3.63) is 42.2 Å². The summed E-state index contributed by atoms with van der Waals surface area (Å²) >= 11 is 0. The molecule has 168 valence electrons. The molecule has 7 nitrogen and oxygen atoms in total. The van der Waals surface area contributed by atoms with Crippen molar-refractivity contribution in [3.63, 3.8) is 0 Å². The van der Waals surface area contributed by atoms with Gasteiger partial charge in [-0.1, -0.05) is 18.2 Å². The molecule has 1 N–H and O–H groups in total. The molecule has 3 aliphatic heterocycles. The molecule has 3 heterocycles. The number of fused-ring (bicyclic) bond motifs is 3. The topological polar surface area (TPSA) is 60.4 Å². The summed E-state index contributed by atoms with van der Waals surface area (Å²) in [6.45, 7) is 8.20. The number of benzene rings is 2. The second kappa shape index (κ2) is 7.78. The van der Waals surface area contributed by atoms with Crippen molar-refractivity contribution in [3.8, 4) is 16.9 Å². The maximum absolute atomic E-state index is 14.9. The Kier molecular flexibility index (Phi) is 5.04. The predicted octanol–water partition coefficient (Wildman–Crippen LogP) is 3.05. The lowest BCUT2D eigenvalue weighted by atomic mass is 9.97. The van der Waals surface area contributed by atoms with Gasteiger partial charge in [0.2, 0.25) is 0 Å². The van der Waals surface area contributed by atoms with Crippen LogP contribution < -0.4 is 20.0 Å². The van der Waals surface area contributed by atoms with Crippen molar-refractivity contribution in [2.45, 2.75) is 38.9 Å². The van der Waals surface area contributed by atoms with E-state index in [0.717, 1.165) is 30.0 Å². The van der Waals surface area contributed by atoms with Crippen LogP contribution in [0.4, 0.5) is 15.8 Å². The second-order valence-electron chi connectivity index (χ2n) is 8.95. The lowest BCUT2D eigenvalue weighted by Crippen LogP contribution is -2.56. The zero-order valence-corrected chi connectivity index (χ0v) is 18.8. The quantitative estimate of drug-likeness (QED) is 0.783. The van der Waals surface area contributed by atoms with Crippen LogP contribution in [0.2, 0.25) is 0 Å².